The van der Waals surface area contributed by atoms with Crippen LogP contribution in [0.4, 0.5) is 0 Å². The van der Waals surface area contributed by atoms with E-state index in [0.717, 1.165) is 0 Å². The maximum atomic E-state index is 11.3. The highest BCUT2D eigenvalue weighted by Gasteiger charge is 2.16. The lowest BCUT2D eigenvalue weighted by Crippen LogP contribution is -2.25. The second-order valence-electron chi connectivity index (χ2n) is 3.70. The Morgan fingerprint density at radius 2 is 2.31 bits per heavy atom. The molecule has 3 N–H and O–H groups in total. The number of carbonyl (C=O) groups is 2. The van der Waals surface area contributed by atoms with Crippen LogP contribution in [-0.2, 0) is 9.59 Å². The van der Waals surface area contributed by atoms with E-state index in [9.17, 15) is 9.59 Å². The van der Waals surface area contributed by atoms with Gasteiger partial charge in [0.25, 0.3) is 0 Å². The molecule has 1 rings (SSSR count). The van der Waals surface area contributed by atoms with Crippen molar-refractivity contribution in [1.29, 1.82) is 5.41 Å². The molecule has 1 unspecified atom stereocenters. The van der Waals surface area contributed by atoms with Crippen LogP contribution in [0.25, 0.3) is 0 Å². The van der Waals surface area contributed by atoms with Crippen molar-refractivity contribution in [3.05, 3.63) is 23.9 Å². The molecule has 0 spiro atoms. The summed E-state index contributed by atoms with van der Waals surface area (Å²) >= 11 is 0. The molecule has 5 nitrogen and oxygen atoms in total. The third-order valence-electron chi connectivity index (χ3n) is 2.13. The summed E-state index contributed by atoms with van der Waals surface area (Å²) in [5.74, 6) is -1.63. The number of hydrogen-bond acceptors (Lipinski definition) is 3. The van der Waals surface area contributed by atoms with E-state index in [1.165, 1.54) is 0 Å². The number of carboxylic acids is 1. The van der Waals surface area contributed by atoms with Gasteiger partial charge in [-0.2, -0.15) is 0 Å². The van der Waals surface area contributed by atoms with Gasteiger partial charge >= 0.3 is 5.97 Å². The van der Waals surface area contributed by atoms with Crippen molar-refractivity contribution in [2.24, 2.45) is 5.92 Å². The van der Waals surface area contributed by atoms with Crippen molar-refractivity contribution in [2.45, 2.75) is 19.8 Å². The van der Waals surface area contributed by atoms with Gasteiger partial charge in [0.1, 0.15) is 0 Å². The van der Waals surface area contributed by atoms with Gasteiger partial charge in [-0.3, -0.25) is 9.59 Å². The minimum Gasteiger partial charge on any atom is -0.481 e. The van der Waals surface area contributed by atoms with Crippen molar-refractivity contribution in [3.8, 4) is 0 Å². The highest BCUT2D eigenvalue weighted by molar-refractivity contribution is 5.98. The molecule has 0 fully saturated rings. The highest BCUT2D eigenvalue weighted by atomic mass is 16.4. The smallest absolute Gasteiger partial charge is 0.310 e. The van der Waals surface area contributed by atoms with E-state index in [0.29, 0.717) is 17.8 Å². The lowest BCUT2D eigenvalue weighted by Gasteiger charge is -2.13. The molecule has 5 heteroatoms. The summed E-state index contributed by atoms with van der Waals surface area (Å²) in [6.45, 7) is 1.56. The molecule has 1 aliphatic rings. The van der Waals surface area contributed by atoms with Gasteiger partial charge in [0.05, 0.1) is 12.3 Å². The van der Waals surface area contributed by atoms with Gasteiger partial charge in [0, 0.05) is 11.4 Å². The molecule has 0 saturated carbocycles. The first-order valence-electron chi connectivity index (χ1n) is 4.94. The number of carbonyl (C=O) groups excluding carboxylic acids is 1. The van der Waals surface area contributed by atoms with Gasteiger partial charge < -0.3 is 15.8 Å². The number of allylic oxidation sites excluding steroid dienone is 2. The van der Waals surface area contributed by atoms with Crippen LogP contribution in [0, 0.1) is 11.3 Å². The lowest BCUT2D eigenvalue weighted by atomic mass is 10.00. The molecule has 0 aliphatic heterocycles. The topological polar surface area (TPSA) is 90.3 Å². The molecule has 16 heavy (non-hydrogen) atoms. The summed E-state index contributed by atoms with van der Waals surface area (Å²) in [6.07, 6.45) is 5.25. The fourth-order valence-electron chi connectivity index (χ4n) is 1.34. The zero-order chi connectivity index (χ0) is 12.1. The molecule has 1 amide bonds. The van der Waals surface area contributed by atoms with Crippen LogP contribution in [0.3, 0.4) is 0 Å². The SMILES string of the molecule is CC(=N)CC(=O)NC1=CCC(C(=O)O)C=C1. The fourth-order valence-corrected chi connectivity index (χ4v) is 1.34. The Morgan fingerprint density at radius 1 is 1.62 bits per heavy atom. The van der Waals surface area contributed by atoms with E-state index in [1.807, 2.05) is 0 Å². The average molecular weight is 222 g/mol. The normalized spacial score (nSPS) is 18.8. The first-order valence-corrected chi connectivity index (χ1v) is 4.94. The zero-order valence-corrected chi connectivity index (χ0v) is 8.99. The Morgan fingerprint density at radius 3 is 2.75 bits per heavy atom. The summed E-state index contributed by atoms with van der Waals surface area (Å²) in [5.41, 5.74) is 0.894. The van der Waals surface area contributed by atoms with E-state index in [1.54, 1.807) is 25.2 Å². The van der Waals surface area contributed by atoms with Crippen LogP contribution >= 0.6 is 0 Å². The van der Waals surface area contributed by atoms with Gasteiger partial charge in [0.15, 0.2) is 0 Å². The Hall–Kier alpha value is -1.91. The quantitative estimate of drug-likeness (QED) is 0.621. The predicted octanol–water partition coefficient (Wildman–Crippen LogP) is 1.08. The molecule has 0 heterocycles. The molecule has 0 aromatic carbocycles. The van der Waals surface area contributed by atoms with Crippen LogP contribution < -0.4 is 5.32 Å². The van der Waals surface area contributed by atoms with Crippen LogP contribution in [0.2, 0.25) is 0 Å². The van der Waals surface area contributed by atoms with E-state index in [2.05, 4.69) is 5.32 Å². The van der Waals surface area contributed by atoms with Crippen molar-refractivity contribution >= 4 is 17.6 Å². The second kappa shape index (κ2) is 5.25. The Bertz CT molecular complexity index is 383. The predicted molar refractivity (Wildman–Crippen MR) is 59.1 cm³/mol. The van der Waals surface area contributed by atoms with E-state index in [-0.39, 0.29) is 12.3 Å². The van der Waals surface area contributed by atoms with Crippen molar-refractivity contribution in [3.63, 3.8) is 0 Å². The third kappa shape index (κ3) is 3.68. The number of carboxylic acid groups (broad SMARTS) is 1. The van der Waals surface area contributed by atoms with E-state index in [4.69, 9.17) is 10.5 Å². The first kappa shape index (κ1) is 12.2. The molecule has 0 aromatic heterocycles. The molecule has 0 aromatic rings. The monoisotopic (exact) mass is 222 g/mol. The molecule has 1 aliphatic carbocycles. The van der Waals surface area contributed by atoms with Gasteiger partial charge in [0.2, 0.25) is 5.91 Å². The maximum Gasteiger partial charge on any atom is 0.310 e. The number of hydrogen-bond donors (Lipinski definition) is 3. The van der Waals surface area contributed by atoms with Crippen molar-refractivity contribution < 1.29 is 14.7 Å². The minimum atomic E-state index is -0.867. The maximum absolute atomic E-state index is 11.3. The molecule has 0 radical (unpaired) electrons. The standard InChI is InChI=1S/C11H14N2O3/c1-7(12)6-10(14)13-9-4-2-8(3-5-9)11(15)16/h2,4-5,8,12H,3,6H2,1H3,(H,13,14)(H,15,16). The Balaban J connectivity index is 2.48. The largest absolute Gasteiger partial charge is 0.481 e. The fraction of sp³-hybridized carbons (Fsp3) is 0.364. The third-order valence-corrected chi connectivity index (χ3v) is 2.13. The van der Waals surface area contributed by atoms with Crippen LogP contribution in [-0.4, -0.2) is 22.7 Å². The molecule has 0 saturated heterocycles. The summed E-state index contributed by atoms with van der Waals surface area (Å²) in [6, 6.07) is 0. The number of aliphatic carboxylic acids is 1. The van der Waals surface area contributed by atoms with Gasteiger partial charge in [-0.05, 0) is 19.4 Å². The van der Waals surface area contributed by atoms with E-state index >= 15 is 0 Å². The minimum absolute atomic E-state index is 0.0630. The van der Waals surface area contributed by atoms with Crippen molar-refractivity contribution in [1.82, 2.24) is 5.32 Å². The van der Waals surface area contributed by atoms with Gasteiger partial charge in [-0.1, -0.05) is 12.2 Å². The number of rotatable bonds is 4. The average Bonchev–Trinajstić information content (AvgIpc) is 2.16. The zero-order valence-electron chi connectivity index (χ0n) is 8.99. The van der Waals surface area contributed by atoms with Crippen LogP contribution in [0.1, 0.15) is 19.8 Å². The highest BCUT2D eigenvalue weighted by Crippen LogP contribution is 2.14. The summed E-state index contributed by atoms with van der Waals surface area (Å²) in [7, 11) is 0. The molecule has 1 atom stereocenters. The van der Waals surface area contributed by atoms with Gasteiger partial charge in [-0.25, -0.2) is 0 Å². The van der Waals surface area contributed by atoms with E-state index < -0.39 is 11.9 Å². The van der Waals surface area contributed by atoms with Crippen molar-refractivity contribution in [2.75, 3.05) is 0 Å². The summed E-state index contributed by atoms with van der Waals surface area (Å²) < 4.78 is 0. The Kier molecular flexibility index (Phi) is 3.99. The Labute approximate surface area is 93.4 Å². The van der Waals surface area contributed by atoms with Crippen LogP contribution in [0.5, 0.6) is 0 Å². The summed E-state index contributed by atoms with van der Waals surface area (Å²) in [4.78, 5) is 21.9. The number of amides is 1. The molecular formula is C11H14N2O3. The first-order chi connectivity index (χ1) is 7.49. The van der Waals surface area contributed by atoms with Gasteiger partial charge in [-0.15, -0.1) is 0 Å². The molecule has 86 valence electrons. The molecular weight excluding hydrogens is 208 g/mol. The number of nitrogens with one attached hydrogen (secondary N) is 2. The lowest BCUT2D eigenvalue weighted by molar-refractivity contribution is -0.140. The van der Waals surface area contributed by atoms with Crippen LogP contribution in [0.15, 0.2) is 23.9 Å². The summed E-state index contributed by atoms with van der Waals surface area (Å²) in [5, 5.41) is 18.5. The molecule has 0 bridgehead atoms. The second-order valence-corrected chi connectivity index (χ2v) is 3.70.